The van der Waals surface area contributed by atoms with Crippen LogP contribution in [0.2, 0.25) is 0 Å². The van der Waals surface area contributed by atoms with Crippen molar-refractivity contribution >= 4 is 17.5 Å². The zero-order valence-corrected chi connectivity index (χ0v) is 17.5. The lowest BCUT2D eigenvalue weighted by Gasteiger charge is -2.12. The van der Waals surface area contributed by atoms with Gasteiger partial charge in [-0.3, -0.25) is 9.59 Å². The first-order chi connectivity index (χ1) is 15.0. The number of nitrogens with one attached hydrogen (secondary N) is 2. The maximum Gasteiger partial charge on any atom is 0.255 e. The summed E-state index contributed by atoms with van der Waals surface area (Å²) in [5.74, 6) is 1.23. The molecule has 6 heteroatoms. The van der Waals surface area contributed by atoms with Crippen molar-refractivity contribution in [3.05, 3.63) is 89.0 Å². The van der Waals surface area contributed by atoms with Crippen molar-refractivity contribution in [2.45, 2.75) is 26.3 Å². The molecule has 158 valence electrons. The number of hydrogen-bond acceptors (Lipinski definition) is 4. The summed E-state index contributed by atoms with van der Waals surface area (Å²) in [5, 5.41) is 5.75. The highest BCUT2D eigenvalue weighted by atomic mass is 16.7. The molecule has 0 bridgehead atoms. The second-order valence-electron chi connectivity index (χ2n) is 7.65. The van der Waals surface area contributed by atoms with E-state index in [0.717, 1.165) is 5.56 Å². The van der Waals surface area contributed by atoms with E-state index in [2.05, 4.69) is 24.5 Å². The lowest BCUT2D eigenvalue weighted by atomic mass is 10.0. The van der Waals surface area contributed by atoms with Crippen molar-refractivity contribution in [2.75, 3.05) is 12.1 Å². The SMILES string of the molecule is CC(C)c1ccc(C(=O)Nc2ccccc2C(=O)NCc2ccc3c(c2)OCO3)cc1. The summed E-state index contributed by atoms with van der Waals surface area (Å²) in [6, 6.07) is 20.0. The fourth-order valence-corrected chi connectivity index (χ4v) is 3.33. The smallest absolute Gasteiger partial charge is 0.255 e. The molecule has 0 fully saturated rings. The predicted octanol–water partition coefficient (Wildman–Crippen LogP) is 4.72. The quantitative estimate of drug-likeness (QED) is 0.610. The Morgan fingerprint density at radius 1 is 0.903 bits per heavy atom. The molecule has 2 N–H and O–H groups in total. The molecule has 0 saturated heterocycles. The van der Waals surface area contributed by atoms with Gasteiger partial charge in [0.15, 0.2) is 11.5 Å². The van der Waals surface area contributed by atoms with Gasteiger partial charge >= 0.3 is 0 Å². The second-order valence-corrected chi connectivity index (χ2v) is 7.65. The first kappa shape index (κ1) is 20.5. The van der Waals surface area contributed by atoms with Gasteiger partial charge in [0.05, 0.1) is 11.3 Å². The van der Waals surface area contributed by atoms with Gasteiger partial charge in [-0.05, 0) is 53.4 Å². The summed E-state index contributed by atoms with van der Waals surface area (Å²) in [6.07, 6.45) is 0. The zero-order chi connectivity index (χ0) is 21.8. The Bertz CT molecular complexity index is 1110. The van der Waals surface area contributed by atoms with Gasteiger partial charge in [0.2, 0.25) is 6.79 Å². The second kappa shape index (κ2) is 8.92. The van der Waals surface area contributed by atoms with Crippen molar-refractivity contribution in [1.82, 2.24) is 5.32 Å². The number of anilines is 1. The summed E-state index contributed by atoms with van der Waals surface area (Å²) in [7, 11) is 0. The third kappa shape index (κ3) is 4.69. The average Bonchev–Trinajstić information content (AvgIpc) is 3.26. The van der Waals surface area contributed by atoms with Gasteiger partial charge in [-0.15, -0.1) is 0 Å². The molecule has 1 aliphatic heterocycles. The molecule has 0 saturated carbocycles. The van der Waals surface area contributed by atoms with Crippen LogP contribution < -0.4 is 20.1 Å². The lowest BCUT2D eigenvalue weighted by molar-refractivity contribution is 0.0951. The lowest BCUT2D eigenvalue weighted by Crippen LogP contribution is -2.24. The molecule has 0 aliphatic carbocycles. The summed E-state index contributed by atoms with van der Waals surface area (Å²) in [4.78, 5) is 25.5. The summed E-state index contributed by atoms with van der Waals surface area (Å²) in [5.41, 5.74) is 3.46. The fraction of sp³-hybridized carbons (Fsp3) is 0.200. The largest absolute Gasteiger partial charge is 0.454 e. The average molecular weight is 416 g/mol. The molecule has 0 unspecified atom stereocenters. The van der Waals surface area contributed by atoms with Crippen LogP contribution in [0.1, 0.15) is 51.6 Å². The highest BCUT2D eigenvalue weighted by Crippen LogP contribution is 2.32. The number of para-hydroxylation sites is 1. The molecular formula is C25H24N2O4. The normalized spacial score (nSPS) is 12.0. The molecule has 2 amide bonds. The summed E-state index contributed by atoms with van der Waals surface area (Å²) < 4.78 is 10.7. The van der Waals surface area contributed by atoms with Gasteiger partial charge in [-0.25, -0.2) is 0 Å². The van der Waals surface area contributed by atoms with Crippen LogP contribution >= 0.6 is 0 Å². The van der Waals surface area contributed by atoms with Crippen LogP contribution in [0.4, 0.5) is 5.69 Å². The molecule has 4 rings (SSSR count). The van der Waals surface area contributed by atoms with Gasteiger partial charge in [-0.2, -0.15) is 0 Å². The van der Waals surface area contributed by atoms with Crippen LogP contribution in [-0.2, 0) is 6.54 Å². The van der Waals surface area contributed by atoms with Crippen LogP contribution in [0.5, 0.6) is 11.5 Å². The molecule has 6 nitrogen and oxygen atoms in total. The predicted molar refractivity (Wildman–Crippen MR) is 119 cm³/mol. The maximum atomic E-state index is 12.8. The molecule has 1 heterocycles. The Morgan fingerprint density at radius 3 is 2.42 bits per heavy atom. The number of ether oxygens (including phenoxy) is 2. The monoisotopic (exact) mass is 416 g/mol. The van der Waals surface area contributed by atoms with E-state index in [0.29, 0.717) is 40.8 Å². The molecule has 3 aromatic carbocycles. The topological polar surface area (TPSA) is 76.7 Å². The Morgan fingerprint density at radius 2 is 1.65 bits per heavy atom. The van der Waals surface area contributed by atoms with E-state index in [9.17, 15) is 9.59 Å². The molecule has 1 aliphatic rings. The van der Waals surface area contributed by atoms with Crippen molar-refractivity contribution in [3.8, 4) is 11.5 Å². The van der Waals surface area contributed by atoms with Gasteiger partial charge in [0.25, 0.3) is 11.8 Å². The first-order valence-electron chi connectivity index (χ1n) is 10.2. The summed E-state index contributed by atoms with van der Waals surface area (Å²) in [6.45, 7) is 4.74. The Balaban J connectivity index is 1.43. The van der Waals surface area contributed by atoms with Crippen LogP contribution in [0, 0.1) is 0 Å². The van der Waals surface area contributed by atoms with Gasteiger partial charge in [0.1, 0.15) is 0 Å². The number of amides is 2. The molecule has 0 radical (unpaired) electrons. The molecule has 31 heavy (non-hydrogen) atoms. The third-order valence-electron chi connectivity index (χ3n) is 5.15. The molecular weight excluding hydrogens is 392 g/mol. The van der Waals surface area contributed by atoms with Gasteiger partial charge in [0, 0.05) is 12.1 Å². The third-order valence-corrected chi connectivity index (χ3v) is 5.15. The van der Waals surface area contributed by atoms with Crippen molar-refractivity contribution in [3.63, 3.8) is 0 Å². The van der Waals surface area contributed by atoms with E-state index in [1.165, 1.54) is 5.56 Å². The maximum absolute atomic E-state index is 12.8. The van der Waals surface area contributed by atoms with E-state index in [1.54, 1.807) is 36.4 Å². The molecule has 0 spiro atoms. The fourth-order valence-electron chi connectivity index (χ4n) is 3.33. The Labute approximate surface area is 181 Å². The van der Waals surface area contributed by atoms with E-state index < -0.39 is 0 Å². The minimum absolute atomic E-state index is 0.207. The van der Waals surface area contributed by atoms with Crippen LogP contribution in [-0.4, -0.2) is 18.6 Å². The Hall–Kier alpha value is -3.80. The van der Waals surface area contributed by atoms with Gasteiger partial charge in [-0.1, -0.05) is 44.2 Å². The number of fused-ring (bicyclic) bond motifs is 1. The van der Waals surface area contributed by atoms with Crippen molar-refractivity contribution in [2.24, 2.45) is 0 Å². The number of hydrogen-bond donors (Lipinski definition) is 2. The number of rotatable bonds is 6. The first-order valence-corrected chi connectivity index (χ1v) is 10.2. The van der Waals surface area contributed by atoms with Crippen molar-refractivity contribution in [1.29, 1.82) is 0 Å². The minimum Gasteiger partial charge on any atom is -0.454 e. The summed E-state index contributed by atoms with van der Waals surface area (Å²) >= 11 is 0. The number of carbonyl (C=O) groups excluding carboxylic acids is 2. The number of benzene rings is 3. The van der Waals surface area contributed by atoms with E-state index in [-0.39, 0.29) is 18.6 Å². The highest BCUT2D eigenvalue weighted by Gasteiger charge is 2.16. The van der Waals surface area contributed by atoms with E-state index in [4.69, 9.17) is 9.47 Å². The molecule has 0 atom stereocenters. The van der Waals surface area contributed by atoms with Crippen LogP contribution in [0.15, 0.2) is 66.7 Å². The van der Waals surface area contributed by atoms with E-state index in [1.807, 2.05) is 30.3 Å². The standard InChI is InChI=1S/C25H24N2O4/c1-16(2)18-8-10-19(11-9-18)24(28)27-21-6-4-3-5-20(21)25(29)26-14-17-7-12-22-23(13-17)31-15-30-22/h3-13,16H,14-15H2,1-2H3,(H,26,29)(H,27,28). The zero-order valence-electron chi connectivity index (χ0n) is 17.5. The molecule has 3 aromatic rings. The molecule has 0 aromatic heterocycles. The highest BCUT2D eigenvalue weighted by molar-refractivity contribution is 6.09. The van der Waals surface area contributed by atoms with Gasteiger partial charge < -0.3 is 20.1 Å². The van der Waals surface area contributed by atoms with E-state index >= 15 is 0 Å². The van der Waals surface area contributed by atoms with Crippen molar-refractivity contribution < 1.29 is 19.1 Å². The minimum atomic E-state index is -0.274. The number of carbonyl (C=O) groups is 2. The van der Waals surface area contributed by atoms with Crippen LogP contribution in [0.25, 0.3) is 0 Å². The Kier molecular flexibility index (Phi) is 5.89. The van der Waals surface area contributed by atoms with Crippen LogP contribution in [0.3, 0.4) is 0 Å².